The zero-order valence-electron chi connectivity index (χ0n) is 14.1. The third-order valence-corrected chi connectivity index (χ3v) is 5.59. The summed E-state index contributed by atoms with van der Waals surface area (Å²) in [5.74, 6) is 0.290. The summed E-state index contributed by atoms with van der Waals surface area (Å²) in [6, 6.07) is 4.04. The van der Waals surface area contributed by atoms with Gasteiger partial charge in [-0.25, -0.2) is 0 Å². The van der Waals surface area contributed by atoms with Gasteiger partial charge in [0.25, 0.3) is 0 Å². The fourth-order valence-electron chi connectivity index (χ4n) is 2.97. The third kappa shape index (κ3) is 4.31. The highest BCUT2D eigenvalue weighted by Crippen LogP contribution is 2.33. The number of carbonyl (C=O) groups is 1. The predicted molar refractivity (Wildman–Crippen MR) is 95.8 cm³/mol. The number of hydrogen-bond acceptors (Lipinski definition) is 4. The van der Waals surface area contributed by atoms with Gasteiger partial charge in [-0.05, 0) is 32.4 Å². The van der Waals surface area contributed by atoms with E-state index in [4.69, 9.17) is 0 Å². The Kier molecular flexibility index (Phi) is 4.99. The SMILES string of the molecule is CC1(C)CN=C(N2CCN(C(=O)CCCn3cccc3)CC2)S1. The van der Waals surface area contributed by atoms with Crippen molar-refractivity contribution in [3.8, 4) is 0 Å². The predicted octanol–water partition coefficient (Wildman–Crippen LogP) is 2.29. The van der Waals surface area contributed by atoms with Crippen molar-refractivity contribution in [2.75, 3.05) is 32.7 Å². The van der Waals surface area contributed by atoms with Crippen LogP contribution in [0.4, 0.5) is 0 Å². The Hall–Kier alpha value is -1.43. The van der Waals surface area contributed by atoms with Crippen molar-refractivity contribution >= 4 is 22.8 Å². The average Bonchev–Trinajstić information content (AvgIpc) is 3.17. The van der Waals surface area contributed by atoms with Gasteiger partial charge in [-0.3, -0.25) is 9.79 Å². The minimum Gasteiger partial charge on any atom is -0.354 e. The summed E-state index contributed by atoms with van der Waals surface area (Å²) in [6.45, 7) is 9.74. The molecule has 23 heavy (non-hydrogen) atoms. The molecule has 1 amide bonds. The Morgan fingerprint density at radius 3 is 2.52 bits per heavy atom. The lowest BCUT2D eigenvalue weighted by Crippen LogP contribution is -2.50. The molecule has 3 heterocycles. The second kappa shape index (κ2) is 6.99. The number of aromatic nitrogens is 1. The lowest BCUT2D eigenvalue weighted by molar-refractivity contribution is -0.132. The second-order valence-corrected chi connectivity index (χ2v) is 8.53. The number of nitrogens with zero attached hydrogens (tertiary/aromatic N) is 4. The van der Waals surface area contributed by atoms with Crippen LogP contribution in [0.3, 0.4) is 0 Å². The Morgan fingerprint density at radius 2 is 1.91 bits per heavy atom. The van der Waals surface area contributed by atoms with Crippen molar-refractivity contribution < 1.29 is 4.79 Å². The first kappa shape index (κ1) is 16.4. The summed E-state index contributed by atoms with van der Waals surface area (Å²) < 4.78 is 2.35. The molecule has 1 aromatic rings. The van der Waals surface area contributed by atoms with Gasteiger partial charge in [-0.1, -0.05) is 11.8 Å². The molecule has 0 spiro atoms. The zero-order valence-corrected chi connectivity index (χ0v) is 14.9. The summed E-state index contributed by atoms with van der Waals surface area (Å²) in [7, 11) is 0. The summed E-state index contributed by atoms with van der Waals surface area (Å²) in [6.07, 6.45) is 5.64. The highest BCUT2D eigenvalue weighted by atomic mass is 32.2. The first-order chi connectivity index (χ1) is 11.0. The molecule has 2 aliphatic rings. The van der Waals surface area contributed by atoms with Crippen LogP contribution in [-0.2, 0) is 11.3 Å². The molecule has 1 aromatic heterocycles. The summed E-state index contributed by atoms with van der Waals surface area (Å²) in [4.78, 5) is 21.3. The van der Waals surface area contributed by atoms with E-state index in [0.29, 0.717) is 6.42 Å². The smallest absolute Gasteiger partial charge is 0.222 e. The molecular weight excluding hydrogens is 308 g/mol. The van der Waals surface area contributed by atoms with Crippen molar-refractivity contribution in [2.45, 2.75) is 38.0 Å². The van der Waals surface area contributed by atoms with Crippen LogP contribution < -0.4 is 0 Å². The number of carbonyl (C=O) groups excluding carboxylic acids is 1. The van der Waals surface area contributed by atoms with Crippen LogP contribution in [0.25, 0.3) is 0 Å². The molecule has 5 nitrogen and oxygen atoms in total. The third-order valence-electron chi connectivity index (χ3n) is 4.34. The minimum absolute atomic E-state index is 0.223. The van der Waals surface area contributed by atoms with Crippen LogP contribution in [0, 0.1) is 0 Å². The van der Waals surface area contributed by atoms with Gasteiger partial charge in [-0.15, -0.1) is 0 Å². The van der Waals surface area contributed by atoms with E-state index < -0.39 is 0 Å². The van der Waals surface area contributed by atoms with Crippen molar-refractivity contribution in [1.82, 2.24) is 14.4 Å². The topological polar surface area (TPSA) is 40.8 Å². The van der Waals surface area contributed by atoms with E-state index in [9.17, 15) is 4.79 Å². The molecule has 0 aliphatic carbocycles. The highest BCUT2D eigenvalue weighted by Gasteiger charge is 2.32. The zero-order chi connectivity index (χ0) is 16.3. The largest absolute Gasteiger partial charge is 0.354 e. The number of piperazine rings is 1. The molecule has 0 radical (unpaired) electrons. The van der Waals surface area contributed by atoms with Crippen molar-refractivity contribution in [3.05, 3.63) is 24.5 Å². The van der Waals surface area contributed by atoms with E-state index in [1.165, 1.54) is 0 Å². The Balaban J connectivity index is 1.39. The van der Waals surface area contributed by atoms with E-state index in [1.807, 2.05) is 41.2 Å². The van der Waals surface area contributed by atoms with Crippen LogP contribution >= 0.6 is 11.8 Å². The van der Waals surface area contributed by atoms with Crippen LogP contribution in [0.1, 0.15) is 26.7 Å². The fraction of sp³-hybridized carbons (Fsp3) is 0.647. The molecule has 6 heteroatoms. The molecule has 1 saturated heterocycles. The van der Waals surface area contributed by atoms with E-state index >= 15 is 0 Å². The van der Waals surface area contributed by atoms with Crippen LogP contribution in [0.5, 0.6) is 0 Å². The van der Waals surface area contributed by atoms with Gasteiger partial charge in [0, 0.05) is 56.3 Å². The maximum absolute atomic E-state index is 12.3. The van der Waals surface area contributed by atoms with Crippen molar-refractivity contribution in [3.63, 3.8) is 0 Å². The Bertz CT molecular complexity index is 559. The standard InChI is InChI=1S/C17H26N4OS/c1-17(2)14-18-16(23-17)21-12-10-20(11-13-21)15(22)6-5-9-19-7-3-4-8-19/h3-4,7-8H,5-6,9-14H2,1-2H3. The van der Waals surface area contributed by atoms with Gasteiger partial charge >= 0.3 is 0 Å². The lowest BCUT2D eigenvalue weighted by atomic mass is 10.2. The van der Waals surface area contributed by atoms with E-state index in [-0.39, 0.29) is 10.7 Å². The maximum atomic E-state index is 12.3. The molecule has 0 N–H and O–H groups in total. The van der Waals surface area contributed by atoms with Crippen LogP contribution in [-0.4, -0.2) is 62.9 Å². The molecule has 1 fully saturated rings. The monoisotopic (exact) mass is 334 g/mol. The Morgan fingerprint density at radius 1 is 1.22 bits per heavy atom. The quantitative estimate of drug-likeness (QED) is 0.848. The number of rotatable bonds is 4. The second-order valence-electron chi connectivity index (χ2n) is 6.85. The number of amides is 1. The molecular formula is C17H26N4OS. The van der Waals surface area contributed by atoms with Gasteiger partial charge in [-0.2, -0.15) is 0 Å². The summed E-state index contributed by atoms with van der Waals surface area (Å²) in [5, 5.41) is 1.16. The molecule has 2 aliphatic heterocycles. The molecule has 3 rings (SSSR count). The molecule has 126 valence electrons. The molecule has 0 unspecified atom stereocenters. The summed E-state index contributed by atoms with van der Waals surface area (Å²) >= 11 is 1.87. The molecule has 0 saturated carbocycles. The number of amidine groups is 1. The van der Waals surface area contributed by atoms with E-state index in [2.05, 4.69) is 28.3 Å². The van der Waals surface area contributed by atoms with E-state index in [0.717, 1.165) is 50.9 Å². The summed E-state index contributed by atoms with van der Waals surface area (Å²) in [5.41, 5.74) is 0. The van der Waals surface area contributed by atoms with Gasteiger partial charge in [0.1, 0.15) is 0 Å². The van der Waals surface area contributed by atoms with Gasteiger partial charge in [0.15, 0.2) is 5.17 Å². The minimum atomic E-state index is 0.223. The number of thioether (sulfide) groups is 1. The average molecular weight is 334 g/mol. The van der Waals surface area contributed by atoms with Crippen LogP contribution in [0.2, 0.25) is 0 Å². The molecule has 0 aromatic carbocycles. The molecule has 0 atom stereocenters. The maximum Gasteiger partial charge on any atom is 0.222 e. The fourth-order valence-corrected chi connectivity index (χ4v) is 4.04. The molecule has 0 bridgehead atoms. The van der Waals surface area contributed by atoms with Crippen molar-refractivity contribution in [1.29, 1.82) is 0 Å². The van der Waals surface area contributed by atoms with Gasteiger partial charge < -0.3 is 14.4 Å². The first-order valence-electron chi connectivity index (χ1n) is 8.40. The van der Waals surface area contributed by atoms with Crippen LogP contribution in [0.15, 0.2) is 29.5 Å². The van der Waals surface area contributed by atoms with E-state index in [1.54, 1.807) is 0 Å². The first-order valence-corrected chi connectivity index (χ1v) is 9.22. The number of hydrogen-bond donors (Lipinski definition) is 0. The normalized spacial score (nSPS) is 20.7. The number of aliphatic imine (C=N–C) groups is 1. The van der Waals surface area contributed by atoms with Gasteiger partial charge in [0.2, 0.25) is 5.91 Å². The lowest BCUT2D eigenvalue weighted by Gasteiger charge is -2.36. The number of aryl methyl sites for hydroxylation is 1. The highest BCUT2D eigenvalue weighted by molar-refractivity contribution is 8.15. The Labute approximate surface area is 142 Å². The van der Waals surface area contributed by atoms with Crippen molar-refractivity contribution in [2.24, 2.45) is 4.99 Å². The van der Waals surface area contributed by atoms with Gasteiger partial charge in [0.05, 0.1) is 6.54 Å².